The van der Waals surface area contributed by atoms with Crippen LogP contribution in [0.15, 0.2) is 0 Å². The van der Waals surface area contributed by atoms with E-state index >= 15 is 0 Å². The highest BCUT2D eigenvalue weighted by molar-refractivity contribution is 5.79. The number of aliphatic carboxylic acids is 1. The number of halogens is 3. The number of hydrogen-bond donors (Lipinski definition) is 3. The van der Waals surface area contributed by atoms with Gasteiger partial charge >= 0.3 is 12.1 Å². The van der Waals surface area contributed by atoms with Gasteiger partial charge in [0.1, 0.15) is 0 Å². The van der Waals surface area contributed by atoms with Crippen LogP contribution in [0.5, 0.6) is 0 Å². The molecule has 0 unspecified atom stereocenters. The summed E-state index contributed by atoms with van der Waals surface area (Å²) in [6, 6.07) is 0.523. The maximum Gasteiger partial charge on any atom is 0.490 e. The van der Waals surface area contributed by atoms with Crippen molar-refractivity contribution in [3.8, 4) is 0 Å². The molecule has 1 saturated heterocycles. The standard InChI is InChI=1S/C16H26N2O.C2HF3O2/c19-16(12-1-3-17-4-2-12)18-15-13-6-10-5-11(8-13)9-14(15)7-10;3-2(4,5)1(6)7/h10-15,17H,1-9H2,(H,18,19);(H,6,7). The van der Waals surface area contributed by atoms with E-state index in [0.29, 0.717) is 11.9 Å². The number of carbonyl (C=O) groups is 2. The Bertz CT molecular complexity index is 504. The van der Waals surface area contributed by atoms with Gasteiger partial charge in [0.15, 0.2) is 0 Å². The average molecular weight is 376 g/mol. The first-order valence-corrected chi connectivity index (χ1v) is 9.55. The number of carboxylic acid groups (broad SMARTS) is 1. The monoisotopic (exact) mass is 376 g/mol. The van der Waals surface area contributed by atoms with Gasteiger partial charge in [-0.2, -0.15) is 13.2 Å². The number of piperidine rings is 1. The van der Waals surface area contributed by atoms with E-state index in [9.17, 15) is 18.0 Å². The van der Waals surface area contributed by atoms with E-state index in [4.69, 9.17) is 9.90 Å². The first-order chi connectivity index (χ1) is 12.2. The first kappa shape index (κ1) is 19.5. The normalized spacial score (nSPS) is 36.2. The summed E-state index contributed by atoms with van der Waals surface area (Å²) in [6.45, 7) is 2.03. The molecule has 8 heteroatoms. The van der Waals surface area contributed by atoms with Crippen molar-refractivity contribution >= 4 is 11.9 Å². The molecule has 0 aromatic carbocycles. The van der Waals surface area contributed by atoms with Crippen LogP contribution in [0.4, 0.5) is 13.2 Å². The fourth-order valence-corrected chi connectivity index (χ4v) is 5.53. The van der Waals surface area contributed by atoms with Crippen LogP contribution in [-0.2, 0) is 9.59 Å². The van der Waals surface area contributed by atoms with Gasteiger partial charge in [0, 0.05) is 12.0 Å². The number of alkyl halides is 3. The molecule has 4 bridgehead atoms. The molecule has 1 aliphatic heterocycles. The number of carbonyl (C=O) groups excluding carboxylic acids is 1. The molecule has 5 aliphatic rings. The molecular formula is C18H27F3N2O3. The Hall–Kier alpha value is -1.31. The van der Waals surface area contributed by atoms with Crippen molar-refractivity contribution in [2.24, 2.45) is 29.6 Å². The molecule has 26 heavy (non-hydrogen) atoms. The Balaban J connectivity index is 0.000000242. The Kier molecular flexibility index (Phi) is 5.79. The summed E-state index contributed by atoms with van der Waals surface area (Å²) in [5.74, 6) is 1.48. The van der Waals surface area contributed by atoms with E-state index in [-0.39, 0.29) is 5.92 Å². The van der Waals surface area contributed by atoms with E-state index in [0.717, 1.165) is 49.6 Å². The zero-order valence-corrected chi connectivity index (χ0v) is 14.7. The van der Waals surface area contributed by atoms with E-state index < -0.39 is 12.1 Å². The second kappa shape index (κ2) is 7.74. The molecule has 5 rings (SSSR count). The average Bonchev–Trinajstić information content (AvgIpc) is 2.58. The summed E-state index contributed by atoms with van der Waals surface area (Å²) in [6.07, 6.45) is 4.03. The Labute approximate surface area is 151 Å². The Morgan fingerprint density at radius 2 is 1.38 bits per heavy atom. The van der Waals surface area contributed by atoms with Gasteiger partial charge in [0.05, 0.1) is 0 Å². The molecule has 0 aromatic rings. The van der Waals surface area contributed by atoms with Crippen molar-refractivity contribution in [3.05, 3.63) is 0 Å². The lowest BCUT2D eigenvalue weighted by atomic mass is 9.54. The summed E-state index contributed by atoms with van der Waals surface area (Å²) in [5.41, 5.74) is 0. The van der Waals surface area contributed by atoms with Crippen LogP contribution >= 0.6 is 0 Å². The Morgan fingerprint density at radius 1 is 0.923 bits per heavy atom. The first-order valence-electron chi connectivity index (χ1n) is 9.55. The number of carboxylic acids is 1. The molecule has 0 atom stereocenters. The molecule has 0 radical (unpaired) electrons. The third-order valence-corrected chi connectivity index (χ3v) is 6.49. The van der Waals surface area contributed by atoms with Crippen molar-refractivity contribution in [1.82, 2.24) is 10.6 Å². The highest BCUT2D eigenvalue weighted by Gasteiger charge is 2.48. The van der Waals surface area contributed by atoms with Crippen LogP contribution < -0.4 is 10.6 Å². The Morgan fingerprint density at radius 3 is 1.81 bits per heavy atom. The quantitative estimate of drug-likeness (QED) is 0.692. The minimum Gasteiger partial charge on any atom is -0.475 e. The van der Waals surface area contributed by atoms with Gasteiger partial charge in [-0.25, -0.2) is 4.79 Å². The SMILES string of the molecule is O=C(NC1C2CC3CC(C2)CC1C3)C1CCNCC1.O=C(O)C(F)(F)F. The molecule has 4 saturated carbocycles. The smallest absolute Gasteiger partial charge is 0.475 e. The largest absolute Gasteiger partial charge is 0.490 e. The number of nitrogens with one attached hydrogen (secondary N) is 2. The van der Waals surface area contributed by atoms with E-state index in [2.05, 4.69) is 10.6 Å². The van der Waals surface area contributed by atoms with Gasteiger partial charge in [-0.3, -0.25) is 4.79 Å². The zero-order valence-electron chi connectivity index (χ0n) is 14.7. The third-order valence-electron chi connectivity index (χ3n) is 6.49. The van der Waals surface area contributed by atoms with Crippen LogP contribution in [0.1, 0.15) is 44.9 Å². The van der Waals surface area contributed by atoms with Crippen LogP contribution in [0.3, 0.4) is 0 Å². The number of rotatable bonds is 2. The highest BCUT2D eigenvalue weighted by Crippen LogP contribution is 2.53. The minimum absolute atomic E-state index is 0.276. The van der Waals surface area contributed by atoms with Crippen molar-refractivity contribution in [1.29, 1.82) is 0 Å². The molecule has 5 fully saturated rings. The van der Waals surface area contributed by atoms with Gasteiger partial charge in [-0.05, 0) is 81.7 Å². The summed E-state index contributed by atoms with van der Waals surface area (Å²) in [4.78, 5) is 21.3. The van der Waals surface area contributed by atoms with Gasteiger partial charge in [-0.1, -0.05) is 0 Å². The van der Waals surface area contributed by atoms with Crippen LogP contribution in [0.2, 0.25) is 0 Å². The van der Waals surface area contributed by atoms with Crippen molar-refractivity contribution in [3.63, 3.8) is 0 Å². The lowest BCUT2D eigenvalue weighted by molar-refractivity contribution is -0.192. The summed E-state index contributed by atoms with van der Waals surface area (Å²) in [5, 5.41) is 13.9. The number of hydrogen-bond acceptors (Lipinski definition) is 3. The molecule has 148 valence electrons. The molecule has 1 amide bonds. The fraction of sp³-hybridized carbons (Fsp3) is 0.889. The minimum atomic E-state index is -5.08. The van der Waals surface area contributed by atoms with Gasteiger partial charge in [0.2, 0.25) is 5.91 Å². The zero-order chi connectivity index (χ0) is 18.9. The van der Waals surface area contributed by atoms with Gasteiger partial charge < -0.3 is 15.7 Å². The molecule has 5 nitrogen and oxygen atoms in total. The number of amides is 1. The van der Waals surface area contributed by atoms with Crippen molar-refractivity contribution in [2.75, 3.05) is 13.1 Å². The van der Waals surface area contributed by atoms with Crippen molar-refractivity contribution < 1.29 is 27.9 Å². The lowest BCUT2D eigenvalue weighted by Gasteiger charge is -2.54. The second-order valence-corrected chi connectivity index (χ2v) is 8.29. The molecule has 4 aliphatic carbocycles. The van der Waals surface area contributed by atoms with Gasteiger partial charge in [0.25, 0.3) is 0 Å². The summed E-state index contributed by atoms with van der Waals surface area (Å²) >= 11 is 0. The fourth-order valence-electron chi connectivity index (χ4n) is 5.53. The third kappa shape index (κ3) is 4.50. The van der Waals surface area contributed by atoms with E-state index in [1.54, 1.807) is 0 Å². The maximum atomic E-state index is 12.5. The molecule has 3 N–H and O–H groups in total. The predicted octanol–water partition coefficient (Wildman–Crippen LogP) is 2.56. The van der Waals surface area contributed by atoms with Crippen LogP contribution in [-0.4, -0.2) is 42.3 Å². The van der Waals surface area contributed by atoms with Gasteiger partial charge in [-0.15, -0.1) is 0 Å². The molecule has 0 aromatic heterocycles. The second-order valence-electron chi connectivity index (χ2n) is 8.29. The van der Waals surface area contributed by atoms with Crippen LogP contribution in [0.25, 0.3) is 0 Å². The molecule has 1 heterocycles. The molecular weight excluding hydrogens is 349 g/mol. The topological polar surface area (TPSA) is 78.4 Å². The van der Waals surface area contributed by atoms with E-state index in [1.807, 2.05) is 0 Å². The van der Waals surface area contributed by atoms with Crippen LogP contribution in [0, 0.1) is 29.6 Å². The summed E-state index contributed by atoms with van der Waals surface area (Å²) in [7, 11) is 0. The highest BCUT2D eigenvalue weighted by atomic mass is 19.4. The maximum absolute atomic E-state index is 12.5. The lowest BCUT2D eigenvalue weighted by Crippen LogP contribution is -2.57. The molecule has 0 spiro atoms. The summed E-state index contributed by atoms with van der Waals surface area (Å²) < 4.78 is 31.7. The predicted molar refractivity (Wildman–Crippen MR) is 88.3 cm³/mol. The van der Waals surface area contributed by atoms with Crippen molar-refractivity contribution in [2.45, 2.75) is 57.2 Å². The van der Waals surface area contributed by atoms with E-state index in [1.165, 1.54) is 32.1 Å².